The minimum Gasteiger partial charge on any atom is -0.409 e. The number of nitrogens with two attached hydrogens (primary N) is 1. The van der Waals surface area contributed by atoms with E-state index in [1.54, 1.807) is 0 Å². The Morgan fingerprint density at radius 2 is 2.00 bits per heavy atom. The quantitative estimate of drug-likeness (QED) is 0.305. The summed E-state index contributed by atoms with van der Waals surface area (Å²) in [5.41, 5.74) is 5.43. The first kappa shape index (κ1) is 15.2. The van der Waals surface area contributed by atoms with Crippen molar-refractivity contribution in [2.45, 2.75) is 53.5 Å². The largest absolute Gasteiger partial charge is 0.409 e. The fraction of sp³-hybridized carbons (Fsp3) is 0.917. The molecule has 0 saturated heterocycles. The van der Waals surface area contributed by atoms with Gasteiger partial charge in [0.05, 0.1) is 0 Å². The van der Waals surface area contributed by atoms with Crippen LogP contribution in [0.25, 0.3) is 0 Å². The molecule has 4 heteroatoms. The fourth-order valence-electron chi connectivity index (χ4n) is 1.63. The lowest BCUT2D eigenvalue weighted by Gasteiger charge is -2.31. The zero-order chi connectivity index (χ0) is 12.8. The van der Waals surface area contributed by atoms with Crippen molar-refractivity contribution in [2.75, 3.05) is 13.1 Å². The molecule has 0 rings (SSSR count). The first-order valence-electron chi connectivity index (χ1n) is 6.11. The molecule has 0 bridgehead atoms. The fourth-order valence-corrected chi connectivity index (χ4v) is 1.63. The van der Waals surface area contributed by atoms with Gasteiger partial charge in [0, 0.05) is 11.5 Å². The van der Waals surface area contributed by atoms with Gasteiger partial charge in [-0.05, 0) is 32.9 Å². The molecule has 0 aromatic rings. The highest BCUT2D eigenvalue weighted by atomic mass is 16.4. The van der Waals surface area contributed by atoms with Crippen molar-refractivity contribution in [1.29, 1.82) is 0 Å². The number of amidine groups is 1. The van der Waals surface area contributed by atoms with Crippen LogP contribution in [0.5, 0.6) is 0 Å². The summed E-state index contributed by atoms with van der Waals surface area (Å²) < 4.78 is 0. The van der Waals surface area contributed by atoms with Crippen LogP contribution in [0.15, 0.2) is 5.16 Å². The summed E-state index contributed by atoms with van der Waals surface area (Å²) in [6.07, 6.45) is 2.05. The lowest BCUT2D eigenvalue weighted by Crippen LogP contribution is -2.39. The van der Waals surface area contributed by atoms with Crippen molar-refractivity contribution < 1.29 is 5.21 Å². The SMILES string of the molecule is CCC(C)N(CC)CCC(C)(C)C(N)=NO. The van der Waals surface area contributed by atoms with E-state index >= 15 is 0 Å². The number of oxime groups is 1. The Morgan fingerprint density at radius 3 is 2.38 bits per heavy atom. The maximum atomic E-state index is 8.70. The van der Waals surface area contributed by atoms with Crippen molar-refractivity contribution in [3.63, 3.8) is 0 Å². The Balaban J connectivity index is 4.31. The Labute approximate surface area is 99.5 Å². The molecule has 16 heavy (non-hydrogen) atoms. The predicted molar refractivity (Wildman–Crippen MR) is 68.8 cm³/mol. The molecule has 0 amide bonds. The number of hydrogen-bond donors (Lipinski definition) is 2. The molecule has 0 saturated carbocycles. The van der Waals surface area contributed by atoms with Crippen LogP contribution >= 0.6 is 0 Å². The van der Waals surface area contributed by atoms with E-state index < -0.39 is 0 Å². The van der Waals surface area contributed by atoms with Crippen molar-refractivity contribution in [3.05, 3.63) is 0 Å². The first-order chi connectivity index (χ1) is 7.38. The van der Waals surface area contributed by atoms with Crippen LogP contribution in [0.4, 0.5) is 0 Å². The molecule has 0 radical (unpaired) electrons. The average molecular weight is 229 g/mol. The predicted octanol–water partition coefficient (Wildman–Crippen LogP) is 2.27. The molecule has 3 N–H and O–H groups in total. The highest BCUT2D eigenvalue weighted by Crippen LogP contribution is 2.21. The second-order valence-corrected chi connectivity index (χ2v) is 5.00. The number of hydrogen-bond acceptors (Lipinski definition) is 3. The molecule has 0 aromatic heterocycles. The molecule has 0 aliphatic heterocycles. The Hall–Kier alpha value is -0.770. The molecule has 0 aliphatic carbocycles. The minimum atomic E-state index is -0.240. The molecule has 0 heterocycles. The van der Waals surface area contributed by atoms with Crippen LogP contribution in [0.3, 0.4) is 0 Å². The van der Waals surface area contributed by atoms with E-state index in [2.05, 4.69) is 30.8 Å². The molecule has 0 spiro atoms. The normalized spacial score (nSPS) is 15.5. The third kappa shape index (κ3) is 4.39. The summed E-state index contributed by atoms with van der Waals surface area (Å²) in [6, 6.07) is 0.591. The van der Waals surface area contributed by atoms with E-state index in [4.69, 9.17) is 10.9 Å². The lowest BCUT2D eigenvalue weighted by atomic mass is 9.87. The van der Waals surface area contributed by atoms with Gasteiger partial charge >= 0.3 is 0 Å². The number of rotatable bonds is 7. The van der Waals surface area contributed by atoms with Crippen molar-refractivity contribution >= 4 is 5.84 Å². The van der Waals surface area contributed by atoms with Gasteiger partial charge in [-0.2, -0.15) is 0 Å². The molecular weight excluding hydrogens is 202 g/mol. The summed E-state index contributed by atoms with van der Waals surface area (Å²) in [7, 11) is 0. The molecule has 1 unspecified atom stereocenters. The molecule has 4 nitrogen and oxygen atoms in total. The van der Waals surface area contributed by atoms with Crippen molar-refractivity contribution in [3.8, 4) is 0 Å². The standard InChI is InChI=1S/C12H27N3O/c1-6-10(3)15(7-2)9-8-12(4,5)11(13)14-16/h10,16H,6-9H2,1-5H3,(H2,13,14). The lowest BCUT2D eigenvalue weighted by molar-refractivity contribution is 0.193. The minimum absolute atomic E-state index is 0.240. The van der Waals surface area contributed by atoms with Gasteiger partial charge in [0.25, 0.3) is 0 Å². The smallest absolute Gasteiger partial charge is 0.144 e. The van der Waals surface area contributed by atoms with E-state index in [-0.39, 0.29) is 5.41 Å². The van der Waals surface area contributed by atoms with E-state index in [0.29, 0.717) is 11.9 Å². The van der Waals surface area contributed by atoms with Crippen LogP contribution in [-0.2, 0) is 0 Å². The first-order valence-corrected chi connectivity index (χ1v) is 6.11. The van der Waals surface area contributed by atoms with Gasteiger partial charge in [-0.1, -0.05) is 32.9 Å². The second-order valence-electron chi connectivity index (χ2n) is 5.00. The third-order valence-corrected chi connectivity index (χ3v) is 3.45. The van der Waals surface area contributed by atoms with Gasteiger partial charge in [-0.15, -0.1) is 0 Å². The third-order valence-electron chi connectivity index (χ3n) is 3.45. The molecule has 96 valence electrons. The summed E-state index contributed by atoms with van der Waals surface area (Å²) in [5.74, 6) is 0.313. The molecule has 0 fully saturated rings. The Kier molecular flexibility index (Phi) is 6.41. The molecule has 0 aromatic carbocycles. The summed E-state index contributed by atoms with van der Waals surface area (Å²) >= 11 is 0. The van der Waals surface area contributed by atoms with Crippen LogP contribution in [0.1, 0.15) is 47.5 Å². The van der Waals surface area contributed by atoms with Crippen LogP contribution in [-0.4, -0.2) is 35.1 Å². The summed E-state index contributed by atoms with van der Waals surface area (Å²) in [4.78, 5) is 2.42. The van der Waals surface area contributed by atoms with Gasteiger partial charge in [0.1, 0.15) is 5.84 Å². The van der Waals surface area contributed by atoms with Gasteiger partial charge in [0.15, 0.2) is 0 Å². The Morgan fingerprint density at radius 1 is 1.44 bits per heavy atom. The molecule has 0 aliphatic rings. The monoisotopic (exact) mass is 229 g/mol. The van der Waals surface area contributed by atoms with E-state index in [1.807, 2.05) is 13.8 Å². The topological polar surface area (TPSA) is 61.8 Å². The zero-order valence-electron chi connectivity index (χ0n) is 11.3. The van der Waals surface area contributed by atoms with E-state index in [0.717, 1.165) is 25.9 Å². The van der Waals surface area contributed by atoms with Gasteiger partial charge in [-0.25, -0.2) is 0 Å². The number of nitrogens with zero attached hydrogens (tertiary/aromatic N) is 2. The van der Waals surface area contributed by atoms with Crippen LogP contribution in [0.2, 0.25) is 0 Å². The van der Waals surface area contributed by atoms with Crippen molar-refractivity contribution in [1.82, 2.24) is 4.90 Å². The highest BCUT2D eigenvalue weighted by molar-refractivity contribution is 5.85. The zero-order valence-corrected chi connectivity index (χ0v) is 11.3. The molecular formula is C12H27N3O. The maximum Gasteiger partial charge on any atom is 0.144 e. The van der Waals surface area contributed by atoms with Crippen LogP contribution in [0, 0.1) is 5.41 Å². The summed E-state index contributed by atoms with van der Waals surface area (Å²) in [5, 5.41) is 11.8. The van der Waals surface area contributed by atoms with Gasteiger partial charge in [0.2, 0.25) is 0 Å². The van der Waals surface area contributed by atoms with Crippen molar-refractivity contribution in [2.24, 2.45) is 16.3 Å². The highest BCUT2D eigenvalue weighted by Gasteiger charge is 2.24. The van der Waals surface area contributed by atoms with Gasteiger partial charge < -0.3 is 15.8 Å². The average Bonchev–Trinajstić information content (AvgIpc) is 2.27. The van der Waals surface area contributed by atoms with Gasteiger partial charge in [-0.3, -0.25) is 0 Å². The van der Waals surface area contributed by atoms with Crippen LogP contribution < -0.4 is 5.73 Å². The van der Waals surface area contributed by atoms with E-state index in [9.17, 15) is 0 Å². The summed E-state index contributed by atoms with van der Waals surface area (Å²) in [6.45, 7) is 12.6. The second kappa shape index (κ2) is 6.74. The maximum absolute atomic E-state index is 8.70. The molecule has 1 atom stereocenters. The Bertz CT molecular complexity index is 226. The van der Waals surface area contributed by atoms with E-state index in [1.165, 1.54) is 0 Å².